The van der Waals surface area contributed by atoms with Crippen molar-refractivity contribution in [1.82, 2.24) is 15.5 Å². The van der Waals surface area contributed by atoms with Crippen molar-refractivity contribution in [1.29, 1.82) is 0 Å². The van der Waals surface area contributed by atoms with Gasteiger partial charge in [-0.05, 0) is 44.4 Å². The summed E-state index contributed by atoms with van der Waals surface area (Å²) in [7, 11) is 1.59. The number of piperidine rings is 1. The summed E-state index contributed by atoms with van der Waals surface area (Å²) in [6.45, 7) is 3.49. The quantitative estimate of drug-likeness (QED) is 0.761. The first-order chi connectivity index (χ1) is 14.1. The van der Waals surface area contributed by atoms with E-state index in [0.29, 0.717) is 43.2 Å². The third kappa shape index (κ3) is 4.64. The van der Waals surface area contributed by atoms with E-state index in [1.807, 2.05) is 0 Å². The second kappa shape index (κ2) is 8.59. The van der Waals surface area contributed by atoms with Crippen molar-refractivity contribution in [3.63, 3.8) is 0 Å². The minimum Gasteiger partial charge on any atom is -0.497 e. The normalized spacial score (nSPS) is 26.9. The predicted octanol–water partition coefficient (Wildman–Crippen LogP) is 0.947. The van der Waals surface area contributed by atoms with Gasteiger partial charge in [-0.3, -0.25) is 14.5 Å². The molecule has 2 saturated heterocycles. The van der Waals surface area contributed by atoms with E-state index in [9.17, 15) is 9.59 Å². The lowest BCUT2D eigenvalue weighted by Gasteiger charge is -2.41. The minimum atomic E-state index is -0.555. The highest BCUT2D eigenvalue weighted by molar-refractivity contribution is 5.97. The summed E-state index contributed by atoms with van der Waals surface area (Å²) in [5.74, 6) is 1.03. The molecule has 3 heterocycles. The predicted molar refractivity (Wildman–Crippen MR) is 106 cm³/mol. The van der Waals surface area contributed by atoms with E-state index in [4.69, 9.17) is 14.2 Å². The first-order valence-corrected chi connectivity index (χ1v) is 10.3. The number of nitrogens with zero attached hydrogens (tertiary/aromatic N) is 1. The maximum Gasteiger partial charge on any atom is 0.255 e. The zero-order valence-electron chi connectivity index (χ0n) is 16.9. The molecule has 0 radical (unpaired) electrons. The molecule has 158 valence electrons. The number of fused-ring (bicyclic) bond motifs is 1. The molecule has 0 aliphatic carbocycles. The van der Waals surface area contributed by atoms with Crippen LogP contribution in [0.5, 0.6) is 11.5 Å². The van der Waals surface area contributed by atoms with E-state index in [1.54, 1.807) is 25.3 Å². The zero-order valence-corrected chi connectivity index (χ0v) is 16.9. The number of methoxy groups -OCH3 is 1. The number of rotatable bonds is 5. The number of benzene rings is 1. The molecule has 1 aromatic carbocycles. The van der Waals surface area contributed by atoms with Crippen molar-refractivity contribution in [2.45, 2.75) is 37.4 Å². The summed E-state index contributed by atoms with van der Waals surface area (Å²) in [5, 5.41) is 5.97. The number of amides is 2. The Hall–Kier alpha value is -2.32. The molecule has 2 amide bonds. The Morgan fingerprint density at radius 3 is 3.10 bits per heavy atom. The highest BCUT2D eigenvalue weighted by atomic mass is 16.5. The molecule has 8 nitrogen and oxygen atoms in total. The van der Waals surface area contributed by atoms with Gasteiger partial charge in [0.2, 0.25) is 5.91 Å². The monoisotopic (exact) mass is 403 g/mol. The Bertz CT molecular complexity index is 765. The Balaban J connectivity index is 1.40. The van der Waals surface area contributed by atoms with Gasteiger partial charge < -0.3 is 24.8 Å². The molecule has 2 atom stereocenters. The zero-order chi connectivity index (χ0) is 20.3. The second-order valence-electron chi connectivity index (χ2n) is 8.08. The molecular weight excluding hydrogens is 374 g/mol. The van der Waals surface area contributed by atoms with Crippen LogP contribution in [0.4, 0.5) is 0 Å². The van der Waals surface area contributed by atoms with Gasteiger partial charge in [-0.15, -0.1) is 0 Å². The number of hydrogen-bond donors (Lipinski definition) is 2. The molecule has 0 bridgehead atoms. The maximum atomic E-state index is 12.5. The van der Waals surface area contributed by atoms with Crippen molar-refractivity contribution in [2.75, 3.05) is 46.4 Å². The van der Waals surface area contributed by atoms with Crippen molar-refractivity contribution in [3.8, 4) is 11.5 Å². The van der Waals surface area contributed by atoms with Gasteiger partial charge in [0.15, 0.2) is 0 Å². The van der Waals surface area contributed by atoms with Crippen LogP contribution >= 0.6 is 0 Å². The van der Waals surface area contributed by atoms with E-state index in [0.717, 1.165) is 38.8 Å². The Kier molecular flexibility index (Phi) is 5.91. The number of likely N-dealkylation sites (tertiary alicyclic amines) is 1. The molecule has 0 saturated carbocycles. The van der Waals surface area contributed by atoms with Gasteiger partial charge in [0, 0.05) is 25.8 Å². The molecule has 29 heavy (non-hydrogen) atoms. The van der Waals surface area contributed by atoms with Gasteiger partial charge >= 0.3 is 0 Å². The topological polar surface area (TPSA) is 89.1 Å². The minimum absolute atomic E-state index is 0.00252. The van der Waals surface area contributed by atoms with Crippen molar-refractivity contribution in [3.05, 3.63) is 23.8 Å². The molecule has 2 N–H and O–H groups in total. The van der Waals surface area contributed by atoms with E-state index in [1.165, 1.54) is 0 Å². The summed E-state index contributed by atoms with van der Waals surface area (Å²) in [4.78, 5) is 27.0. The van der Waals surface area contributed by atoms with Crippen LogP contribution in [0.15, 0.2) is 18.2 Å². The van der Waals surface area contributed by atoms with Crippen LogP contribution in [0.3, 0.4) is 0 Å². The van der Waals surface area contributed by atoms with E-state index in [-0.39, 0.29) is 17.9 Å². The summed E-state index contributed by atoms with van der Waals surface area (Å²) >= 11 is 0. The van der Waals surface area contributed by atoms with Gasteiger partial charge in [0.05, 0.1) is 31.9 Å². The van der Waals surface area contributed by atoms with E-state index in [2.05, 4.69) is 15.5 Å². The fraction of sp³-hybridized carbons (Fsp3) is 0.619. The van der Waals surface area contributed by atoms with Crippen LogP contribution in [0.2, 0.25) is 0 Å². The van der Waals surface area contributed by atoms with Gasteiger partial charge in [0.25, 0.3) is 5.91 Å². The number of ether oxygens (including phenoxy) is 3. The lowest BCUT2D eigenvalue weighted by molar-refractivity contribution is -0.124. The number of carbonyl (C=O) groups excluding carboxylic acids is 2. The smallest absolute Gasteiger partial charge is 0.255 e. The fourth-order valence-corrected chi connectivity index (χ4v) is 4.35. The van der Waals surface area contributed by atoms with E-state index >= 15 is 0 Å². The van der Waals surface area contributed by atoms with Gasteiger partial charge in [-0.2, -0.15) is 0 Å². The maximum absolute atomic E-state index is 12.5. The van der Waals surface area contributed by atoms with Crippen LogP contribution in [-0.2, 0) is 9.53 Å². The number of hydrogen-bond acceptors (Lipinski definition) is 6. The molecule has 1 aromatic rings. The first kappa shape index (κ1) is 20.0. The van der Waals surface area contributed by atoms with Crippen LogP contribution in [0.1, 0.15) is 36.0 Å². The summed E-state index contributed by atoms with van der Waals surface area (Å²) < 4.78 is 17.2. The molecule has 2 fully saturated rings. The largest absolute Gasteiger partial charge is 0.497 e. The van der Waals surface area contributed by atoms with Crippen LogP contribution in [-0.4, -0.2) is 74.9 Å². The van der Waals surface area contributed by atoms with Gasteiger partial charge in [0.1, 0.15) is 17.1 Å². The Labute approximate surface area is 170 Å². The molecule has 3 aliphatic rings. The van der Waals surface area contributed by atoms with Crippen LogP contribution in [0.25, 0.3) is 0 Å². The fourth-order valence-electron chi connectivity index (χ4n) is 4.35. The van der Waals surface area contributed by atoms with Gasteiger partial charge in [-0.1, -0.05) is 0 Å². The highest BCUT2D eigenvalue weighted by Gasteiger charge is 2.41. The van der Waals surface area contributed by atoms with E-state index < -0.39 is 5.60 Å². The van der Waals surface area contributed by atoms with Crippen molar-refractivity contribution >= 4 is 11.8 Å². The second-order valence-corrected chi connectivity index (χ2v) is 8.08. The standard InChI is InChI=1S/C21H29N3O5/c1-27-15-5-6-17-18(10-15)29-21(13-23-20(17)26)7-3-8-24(14-21)12-19(25)22-11-16-4-2-9-28-16/h5-6,10,16H,2-4,7-9,11-14H2,1H3,(H,22,25)(H,23,26). The van der Waals surface area contributed by atoms with Crippen LogP contribution in [0, 0.1) is 0 Å². The number of nitrogens with one attached hydrogen (secondary N) is 2. The lowest BCUT2D eigenvalue weighted by Crippen LogP contribution is -2.58. The SMILES string of the molecule is COc1ccc2c(c1)OC1(CCCN(CC(=O)NCC3CCCO3)C1)CNC2=O. The van der Waals surface area contributed by atoms with Gasteiger partial charge in [-0.25, -0.2) is 0 Å². The van der Waals surface area contributed by atoms with Crippen LogP contribution < -0.4 is 20.1 Å². The molecule has 4 rings (SSSR count). The molecule has 8 heteroatoms. The summed E-state index contributed by atoms with van der Waals surface area (Å²) in [5.41, 5.74) is -0.0468. The number of carbonyl (C=O) groups is 2. The average molecular weight is 403 g/mol. The lowest BCUT2D eigenvalue weighted by atomic mass is 9.92. The highest BCUT2D eigenvalue weighted by Crippen LogP contribution is 2.34. The molecular formula is C21H29N3O5. The third-order valence-electron chi connectivity index (χ3n) is 5.87. The van der Waals surface area contributed by atoms with Crippen molar-refractivity contribution < 1.29 is 23.8 Å². The summed E-state index contributed by atoms with van der Waals surface area (Å²) in [6, 6.07) is 5.24. The first-order valence-electron chi connectivity index (χ1n) is 10.3. The molecule has 1 spiro atoms. The third-order valence-corrected chi connectivity index (χ3v) is 5.87. The molecule has 2 unspecified atom stereocenters. The Morgan fingerprint density at radius 2 is 2.31 bits per heavy atom. The Morgan fingerprint density at radius 1 is 1.41 bits per heavy atom. The average Bonchev–Trinajstić information content (AvgIpc) is 3.20. The van der Waals surface area contributed by atoms with Crippen molar-refractivity contribution in [2.24, 2.45) is 0 Å². The molecule has 3 aliphatic heterocycles. The summed E-state index contributed by atoms with van der Waals surface area (Å²) in [6.07, 6.45) is 3.92. The molecule has 0 aromatic heterocycles.